The number of amides is 3. The SMILES string of the molecule is CC(=O)N1CCC(NC(=O)CN2CCN(C(C)=O)CC2)CC1. The van der Waals surface area contributed by atoms with Crippen molar-refractivity contribution in [2.45, 2.75) is 32.7 Å². The summed E-state index contributed by atoms with van der Waals surface area (Å²) in [4.78, 5) is 40.3. The first-order valence-corrected chi connectivity index (χ1v) is 7.98. The monoisotopic (exact) mass is 310 g/mol. The van der Waals surface area contributed by atoms with E-state index in [1.165, 1.54) is 0 Å². The van der Waals surface area contributed by atoms with Crippen molar-refractivity contribution in [3.8, 4) is 0 Å². The summed E-state index contributed by atoms with van der Waals surface area (Å²) >= 11 is 0. The molecule has 7 nitrogen and oxygen atoms in total. The van der Waals surface area contributed by atoms with Gasteiger partial charge in [0.15, 0.2) is 0 Å². The molecule has 0 aliphatic carbocycles. The molecule has 7 heteroatoms. The lowest BCUT2D eigenvalue weighted by Crippen LogP contribution is -2.52. The van der Waals surface area contributed by atoms with E-state index in [9.17, 15) is 14.4 Å². The second-order valence-electron chi connectivity index (χ2n) is 6.13. The number of nitrogens with zero attached hydrogens (tertiary/aromatic N) is 3. The van der Waals surface area contributed by atoms with Crippen LogP contribution in [0.1, 0.15) is 26.7 Å². The molecule has 0 aromatic carbocycles. The van der Waals surface area contributed by atoms with Crippen LogP contribution in [0.3, 0.4) is 0 Å². The molecular weight excluding hydrogens is 284 g/mol. The second kappa shape index (κ2) is 7.58. The Morgan fingerprint density at radius 1 is 0.864 bits per heavy atom. The molecule has 2 heterocycles. The molecule has 0 atom stereocenters. The van der Waals surface area contributed by atoms with Gasteiger partial charge in [-0.15, -0.1) is 0 Å². The van der Waals surface area contributed by atoms with Crippen LogP contribution in [0.5, 0.6) is 0 Å². The first kappa shape index (κ1) is 16.7. The molecule has 0 spiro atoms. The molecule has 124 valence electrons. The van der Waals surface area contributed by atoms with Crippen molar-refractivity contribution in [2.24, 2.45) is 0 Å². The van der Waals surface area contributed by atoms with Gasteiger partial charge in [-0.3, -0.25) is 19.3 Å². The van der Waals surface area contributed by atoms with Crippen LogP contribution in [-0.2, 0) is 14.4 Å². The Hall–Kier alpha value is -1.63. The van der Waals surface area contributed by atoms with Gasteiger partial charge in [0.25, 0.3) is 0 Å². The van der Waals surface area contributed by atoms with Crippen LogP contribution >= 0.6 is 0 Å². The van der Waals surface area contributed by atoms with Gasteiger partial charge in [0, 0.05) is 59.2 Å². The number of hydrogen-bond acceptors (Lipinski definition) is 4. The Labute approximate surface area is 131 Å². The molecule has 2 saturated heterocycles. The lowest BCUT2D eigenvalue weighted by molar-refractivity contribution is -0.131. The number of piperidine rings is 1. The summed E-state index contributed by atoms with van der Waals surface area (Å²) in [7, 11) is 0. The fourth-order valence-electron chi connectivity index (χ4n) is 3.04. The maximum Gasteiger partial charge on any atom is 0.234 e. The average molecular weight is 310 g/mol. The van der Waals surface area contributed by atoms with Crippen LogP contribution in [0.25, 0.3) is 0 Å². The molecule has 22 heavy (non-hydrogen) atoms. The first-order valence-electron chi connectivity index (χ1n) is 7.98. The standard InChI is InChI=1S/C15H26N4O3/c1-12(20)18-5-3-14(4-6-18)16-15(22)11-17-7-9-19(10-8-17)13(2)21/h14H,3-11H2,1-2H3,(H,16,22). The van der Waals surface area contributed by atoms with Crippen LogP contribution in [0.2, 0.25) is 0 Å². The van der Waals surface area contributed by atoms with E-state index in [-0.39, 0.29) is 23.8 Å². The van der Waals surface area contributed by atoms with Crippen LogP contribution in [0.15, 0.2) is 0 Å². The zero-order valence-electron chi connectivity index (χ0n) is 13.5. The molecule has 0 radical (unpaired) electrons. The number of carbonyl (C=O) groups is 3. The van der Waals surface area contributed by atoms with E-state index in [4.69, 9.17) is 0 Å². The van der Waals surface area contributed by atoms with Crippen LogP contribution < -0.4 is 5.32 Å². The second-order valence-corrected chi connectivity index (χ2v) is 6.13. The van der Waals surface area contributed by atoms with E-state index < -0.39 is 0 Å². The molecule has 2 aliphatic rings. The van der Waals surface area contributed by atoms with Crippen molar-refractivity contribution in [3.63, 3.8) is 0 Å². The summed E-state index contributed by atoms with van der Waals surface area (Å²) in [6.45, 7) is 7.87. The van der Waals surface area contributed by atoms with Crippen molar-refractivity contribution in [1.29, 1.82) is 0 Å². The third-order valence-electron chi connectivity index (χ3n) is 4.49. The molecule has 2 fully saturated rings. The van der Waals surface area contributed by atoms with Crippen molar-refractivity contribution in [1.82, 2.24) is 20.0 Å². The molecule has 0 aromatic rings. The van der Waals surface area contributed by atoms with Crippen molar-refractivity contribution >= 4 is 17.7 Å². The van der Waals surface area contributed by atoms with Crippen molar-refractivity contribution in [3.05, 3.63) is 0 Å². The normalized spacial score (nSPS) is 20.8. The van der Waals surface area contributed by atoms with E-state index >= 15 is 0 Å². The third kappa shape index (κ3) is 4.69. The predicted octanol–water partition coefficient (Wildman–Crippen LogP) is -0.722. The van der Waals surface area contributed by atoms with Crippen molar-refractivity contribution in [2.75, 3.05) is 45.8 Å². The predicted molar refractivity (Wildman–Crippen MR) is 82.1 cm³/mol. The van der Waals surface area contributed by atoms with Crippen LogP contribution in [-0.4, -0.2) is 84.3 Å². The third-order valence-corrected chi connectivity index (χ3v) is 4.49. The summed E-state index contributed by atoms with van der Waals surface area (Å²) in [5.41, 5.74) is 0. The number of carbonyl (C=O) groups excluding carboxylic acids is 3. The number of likely N-dealkylation sites (tertiary alicyclic amines) is 1. The zero-order chi connectivity index (χ0) is 16.1. The maximum atomic E-state index is 12.1. The molecular formula is C15H26N4O3. The summed E-state index contributed by atoms with van der Waals surface area (Å²) in [5.74, 6) is 0.243. The largest absolute Gasteiger partial charge is 0.352 e. The molecule has 3 amide bonds. The number of piperazine rings is 1. The molecule has 2 rings (SSSR count). The van der Waals surface area contributed by atoms with E-state index in [0.29, 0.717) is 19.6 Å². The summed E-state index contributed by atoms with van der Waals surface area (Å²) in [6, 6.07) is 0.168. The molecule has 2 aliphatic heterocycles. The van der Waals surface area contributed by atoms with Crippen LogP contribution in [0.4, 0.5) is 0 Å². The Bertz CT molecular complexity index is 387. The number of rotatable bonds is 3. The van der Waals surface area contributed by atoms with E-state index in [0.717, 1.165) is 39.0 Å². The van der Waals surface area contributed by atoms with Gasteiger partial charge in [-0.05, 0) is 12.8 Å². The van der Waals surface area contributed by atoms with Gasteiger partial charge in [-0.25, -0.2) is 0 Å². The van der Waals surface area contributed by atoms with Gasteiger partial charge in [-0.1, -0.05) is 0 Å². The van der Waals surface area contributed by atoms with Gasteiger partial charge in [0.2, 0.25) is 17.7 Å². The summed E-state index contributed by atoms with van der Waals surface area (Å²) in [6.07, 6.45) is 1.65. The summed E-state index contributed by atoms with van der Waals surface area (Å²) < 4.78 is 0. The lowest BCUT2D eigenvalue weighted by atomic mass is 10.1. The first-order chi connectivity index (χ1) is 10.5. The topological polar surface area (TPSA) is 73.0 Å². The summed E-state index contributed by atoms with van der Waals surface area (Å²) in [5, 5.41) is 3.06. The molecule has 0 unspecified atom stereocenters. The molecule has 1 N–H and O–H groups in total. The van der Waals surface area contributed by atoms with Crippen LogP contribution in [0, 0.1) is 0 Å². The van der Waals surface area contributed by atoms with E-state index in [1.807, 2.05) is 9.80 Å². The minimum absolute atomic E-state index is 0.0394. The molecule has 0 saturated carbocycles. The quantitative estimate of drug-likeness (QED) is 0.746. The van der Waals surface area contributed by atoms with Gasteiger partial charge in [0.1, 0.15) is 0 Å². The van der Waals surface area contributed by atoms with E-state index in [1.54, 1.807) is 13.8 Å². The zero-order valence-corrected chi connectivity index (χ0v) is 13.5. The maximum absolute atomic E-state index is 12.1. The average Bonchev–Trinajstić information content (AvgIpc) is 2.48. The fraction of sp³-hybridized carbons (Fsp3) is 0.800. The Balaban J connectivity index is 1.67. The highest BCUT2D eigenvalue weighted by atomic mass is 16.2. The fourth-order valence-corrected chi connectivity index (χ4v) is 3.04. The van der Waals surface area contributed by atoms with E-state index in [2.05, 4.69) is 10.2 Å². The number of hydrogen-bond donors (Lipinski definition) is 1. The smallest absolute Gasteiger partial charge is 0.234 e. The van der Waals surface area contributed by atoms with Gasteiger partial charge >= 0.3 is 0 Å². The van der Waals surface area contributed by atoms with Gasteiger partial charge in [-0.2, -0.15) is 0 Å². The molecule has 0 aromatic heterocycles. The highest BCUT2D eigenvalue weighted by Crippen LogP contribution is 2.10. The Kier molecular flexibility index (Phi) is 5.76. The highest BCUT2D eigenvalue weighted by Gasteiger charge is 2.24. The lowest BCUT2D eigenvalue weighted by Gasteiger charge is -2.35. The van der Waals surface area contributed by atoms with Gasteiger partial charge < -0.3 is 15.1 Å². The highest BCUT2D eigenvalue weighted by molar-refractivity contribution is 5.78. The Morgan fingerprint density at radius 3 is 1.86 bits per heavy atom. The Morgan fingerprint density at radius 2 is 1.36 bits per heavy atom. The van der Waals surface area contributed by atoms with Gasteiger partial charge in [0.05, 0.1) is 6.54 Å². The minimum atomic E-state index is 0.0394. The minimum Gasteiger partial charge on any atom is -0.352 e. The number of nitrogens with one attached hydrogen (secondary N) is 1. The molecule has 0 bridgehead atoms. The van der Waals surface area contributed by atoms with Crippen molar-refractivity contribution < 1.29 is 14.4 Å².